The van der Waals surface area contributed by atoms with Gasteiger partial charge in [-0.2, -0.15) is 0 Å². The Morgan fingerprint density at radius 3 is 3.00 bits per heavy atom. The molecule has 3 N–H and O–H groups in total. The van der Waals surface area contributed by atoms with Crippen molar-refractivity contribution in [2.75, 3.05) is 11.3 Å². The van der Waals surface area contributed by atoms with Crippen molar-refractivity contribution < 1.29 is 0 Å². The molecule has 3 heteroatoms. The van der Waals surface area contributed by atoms with E-state index in [9.17, 15) is 0 Å². The third kappa shape index (κ3) is 2.46. The second-order valence-electron chi connectivity index (χ2n) is 2.16. The molecular formula is C9H9ClN2. The second-order valence-corrected chi connectivity index (χ2v) is 2.43. The maximum absolute atomic E-state index is 5.41. The maximum Gasteiger partial charge on any atom is 0.0839 e. The molecule has 0 amide bonds. The first kappa shape index (κ1) is 8.92. The zero-order valence-electron chi connectivity index (χ0n) is 6.47. The van der Waals surface area contributed by atoms with Crippen LogP contribution in [0.3, 0.4) is 0 Å². The predicted octanol–water partition coefficient (Wildman–Crippen LogP) is 1.56. The fourth-order valence-corrected chi connectivity index (χ4v) is 0.889. The molecule has 0 aliphatic rings. The van der Waals surface area contributed by atoms with Crippen LogP contribution in [0.4, 0.5) is 5.69 Å². The highest BCUT2D eigenvalue weighted by molar-refractivity contribution is 6.19. The molecule has 0 saturated carbocycles. The molecule has 1 rings (SSSR count). The van der Waals surface area contributed by atoms with Crippen LogP contribution in [0.15, 0.2) is 24.3 Å². The molecule has 0 fully saturated rings. The first-order valence-electron chi connectivity index (χ1n) is 3.48. The van der Waals surface area contributed by atoms with E-state index < -0.39 is 0 Å². The van der Waals surface area contributed by atoms with Crippen LogP contribution in [-0.2, 0) is 0 Å². The van der Waals surface area contributed by atoms with E-state index in [-0.39, 0.29) is 0 Å². The Morgan fingerprint density at radius 2 is 2.33 bits per heavy atom. The van der Waals surface area contributed by atoms with Gasteiger partial charge in [0, 0.05) is 11.3 Å². The van der Waals surface area contributed by atoms with Crippen LogP contribution >= 0.6 is 11.6 Å². The summed E-state index contributed by atoms with van der Waals surface area (Å²) >= 11 is 5.41. The molecule has 1 aromatic rings. The second kappa shape index (κ2) is 4.66. The summed E-state index contributed by atoms with van der Waals surface area (Å²) in [7, 11) is 0. The number of anilines is 1. The normalized spacial score (nSPS) is 8.50. The molecule has 0 radical (unpaired) electrons. The number of hydrogen-bond donors (Lipinski definition) is 2. The Hall–Kier alpha value is -1.17. The smallest absolute Gasteiger partial charge is 0.0839 e. The molecule has 0 aromatic heterocycles. The molecule has 0 atom stereocenters. The Kier molecular flexibility index (Phi) is 3.46. The minimum atomic E-state index is 0.348. The molecule has 0 unspecified atom stereocenters. The summed E-state index contributed by atoms with van der Waals surface area (Å²) in [6, 6.07) is 7.51. The number of halogens is 1. The van der Waals surface area contributed by atoms with Crippen molar-refractivity contribution in [1.29, 1.82) is 0 Å². The van der Waals surface area contributed by atoms with E-state index in [4.69, 9.17) is 17.4 Å². The summed E-state index contributed by atoms with van der Waals surface area (Å²) in [4.78, 5) is 0. The van der Waals surface area contributed by atoms with E-state index in [0.717, 1.165) is 11.3 Å². The minimum absolute atomic E-state index is 0.348. The molecule has 0 spiro atoms. The summed E-state index contributed by atoms with van der Waals surface area (Å²) in [5.74, 6) is 11.2. The predicted molar refractivity (Wildman–Crippen MR) is 51.9 cm³/mol. The Balaban J connectivity index is 2.86. The summed E-state index contributed by atoms with van der Waals surface area (Å²) in [6.45, 7) is 0. The summed E-state index contributed by atoms with van der Waals surface area (Å²) < 4.78 is 0. The lowest BCUT2D eigenvalue weighted by Gasteiger charge is -1.98. The molecule has 0 saturated heterocycles. The van der Waals surface area contributed by atoms with Crippen molar-refractivity contribution in [2.45, 2.75) is 0 Å². The Morgan fingerprint density at radius 1 is 1.50 bits per heavy atom. The van der Waals surface area contributed by atoms with Gasteiger partial charge in [-0.05, 0) is 18.2 Å². The van der Waals surface area contributed by atoms with Crippen molar-refractivity contribution in [3.63, 3.8) is 0 Å². The van der Waals surface area contributed by atoms with Gasteiger partial charge in [-0.3, -0.25) is 5.84 Å². The summed E-state index contributed by atoms with van der Waals surface area (Å²) in [5.41, 5.74) is 4.30. The lowest BCUT2D eigenvalue weighted by Crippen LogP contribution is -2.06. The molecule has 2 nitrogen and oxygen atoms in total. The molecule has 0 heterocycles. The lowest BCUT2D eigenvalue weighted by atomic mass is 10.2. The largest absolute Gasteiger partial charge is 0.324 e. The summed E-state index contributed by atoms with van der Waals surface area (Å²) in [6.07, 6.45) is 0. The number of alkyl halides is 1. The molecule has 0 bridgehead atoms. The maximum atomic E-state index is 5.41. The summed E-state index contributed by atoms with van der Waals surface area (Å²) in [5, 5.41) is 0. The number of nitrogens with two attached hydrogens (primary N) is 1. The van der Waals surface area contributed by atoms with Gasteiger partial charge in [-0.25, -0.2) is 0 Å². The van der Waals surface area contributed by atoms with Crippen molar-refractivity contribution in [2.24, 2.45) is 5.84 Å². The van der Waals surface area contributed by atoms with Gasteiger partial charge in [0.1, 0.15) is 0 Å². The fraction of sp³-hybridized carbons (Fsp3) is 0.111. The van der Waals surface area contributed by atoms with Crippen LogP contribution in [0.25, 0.3) is 0 Å². The Labute approximate surface area is 76.7 Å². The third-order valence-corrected chi connectivity index (χ3v) is 1.46. The van der Waals surface area contributed by atoms with E-state index in [2.05, 4.69) is 17.3 Å². The van der Waals surface area contributed by atoms with E-state index >= 15 is 0 Å². The fourth-order valence-electron chi connectivity index (χ4n) is 0.822. The van der Waals surface area contributed by atoms with Gasteiger partial charge in [0.2, 0.25) is 0 Å². The molecular weight excluding hydrogens is 172 g/mol. The van der Waals surface area contributed by atoms with Gasteiger partial charge in [-0.1, -0.05) is 17.9 Å². The highest BCUT2D eigenvalue weighted by Gasteiger charge is 1.88. The molecule has 62 valence electrons. The van der Waals surface area contributed by atoms with Gasteiger partial charge < -0.3 is 5.43 Å². The van der Waals surface area contributed by atoms with Crippen LogP contribution in [0.1, 0.15) is 5.56 Å². The first-order chi connectivity index (χ1) is 5.86. The zero-order chi connectivity index (χ0) is 8.81. The number of rotatable bonds is 1. The first-order valence-corrected chi connectivity index (χ1v) is 4.02. The minimum Gasteiger partial charge on any atom is -0.324 e. The van der Waals surface area contributed by atoms with Crippen molar-refractivity contribution in [3.8, 4) is 11.8 Å². The van der Waals surface area contributed by atoms with Crippen molar-refractivity contribution in [1.82, 2.24) is 0 Å². The standard InChI is InChI=1S/C9H9ClN2/c10-6-2-4-8-3-1-5-9(7-8)12-11/h1,3,5,7,12H,6,11H2. The third-order valence-electron chi connectivity index (χ3n) is 1.33. The van der Waals surface area contributed by atoms with Gasteiger partial charge in [0.25, 0.3) is 0 Å². The van der Waals surface area contributed by atoms with Gasteiger partial charge >= 0.3 is 0 Å². The van der Waals surface area contributed by atoms with Crippen molar-refractivity contribution in [3.05, 3.63) is 29.8 Å². The lowest BCUT2D eigenvalue weighted by molar-refractivity contribution is 1.35. The number of hydrazine groups is 1. The monoisotopic (exact) mass is 180 g/mol. The average Bonchev–Trinajstić information content (AvgIpc) is 2.15. The van der Waals surface area contributed by atoms with Crippen LogP contribution in [0.2, 0.25) is 0 Å². The highest BCUT2D eigenvalue weighted by atomic mass is 35.5. The van der Waals surface area contributed by atoms with E-state index in [1.165, 1.54) is 0 Å². The van der Waals surface area contributed by atoms with Crippen molar-refractivity contribution >= 4 is 17.3 Å². The van der Waals surface area contributed by atoms with Crippen LogP contribution < -0.4 is 11.3 Å². The Bertz CT molecular complexity index is 312. The number of benzene rings is 1. The quantitative estimate of drug-likeness (QED) is 0.298. The SMILES string of the molecule is NNc1cccc(C#CCCl)c1. The molecule has 0 aliphatic heterocycles. The molecule has 12 heavy (non-hydrogen) atoms. The molecule has 0 aliphatic carbocycles. The number of nitrogen functional groups attached to an aromatic ring is 1. The van der Waals surface area contributed by atoms with Crippen LogP contribution in [0.5, 0.6) is 0 Å². The molecule has 1 aromatic carbocycles. The highest BCUT2D eigenvalue weighted by Crippen LogP contribution is 2.07. The average molecular weight is 181 g/mol. The van der Waals surface area contributed by atoms with E-state index in [0.29, 0.717) is 5.88 Å². The number of nitrogens with one attached hydrogen (secondary N) is 1. The van der Waals surface area contributed by atoms with Gasteiger partial charge in [0.15, 0.2) is 0 Å². The van der Waals surface area contributed by atoms with Crippen LogP contribution in [-0.4, -0.2) is 5.88 Å². The number of hydrogen-bond acceptors (Lipinski definition) is 2. The van der Waals surface area contributed by atoms with E-state index in [1.54, 1.807) is 0 Å². The zero-order valence-corrected chi connectivity index (χ0v) is 7.23. The van der Waals surface area contributed by atoms with E-state index in [1.807, 2.05) is 24.3 Å². The van der Waals surface area contributed by atoms with Gasteiger partial charge in [-0.15, -0.1) is 11.6 Å². The topological polar surface area (TPSA) is 38.0 Å². The van der Waals surface area contributed by atoms with Gasteiger partial charge in [0.05, 0.1) is 5.88 Å². The van der Waals surface area contributed by atoms with Crippen LogP contribution in [0, 0.1) is 11.8 Å².